The van der Waals surface area contributed by atoms with Crippen molar-refractivity contribution in [2.75, 3.05) is 4.90 Å². The number of para-hydroxylation sites is 1. The molecule has 1 nitrogen and oxygen atoms in total. The third-order valence-corrected chi connectivity index (χ3v) is 13.3. The highest BCUT2D eigenvalue weighted by Gasteiger charge is 2.38. The van der Waals surface area contributed by atoms with Gasteiger partial charge in [0.15, 0.2) is 0 Å². The molecule has 0 aliphatic heterocycles. The number of benzene rings is 9. The van der Waals surface area contributed by atoms with Crippen LogP contribution in [0, 0.1) is 0 Å². The first-order valence-corrected chi connectivity index (χ1v) is 20.9. The monoisotopic (exact) mass is 755 g/mol. The fourth-order valence-electron chi connectivity index (χ4n) is 10.5. The number of hydrogen-bond acceptors (Lipinski definition) is 1. The van der Waals surface area contributed by atoms with Crippen LogP contribution in [0.4, 0.5) is 17.1 Å². The normalized spacial score (nSPS) is 14.0. The van der Waals surface area contributed by atoms with Gasteiger partial charge in [-0.15, -0.1) is 0 Å². The van der Waals surface area contributed by atoms with Crippen molar-refractivity contribution >= 4 is 27.8 Å². The van der Waals surface area contributed by atoms with Crippen molar-refractivity contribution in [1.29, 1.82) is 0 Å². The van der Waals surface area contributed by atoms with Crippen molar-refractivity contribution < 1.29 is 0 Å². The van der Waals surface area contributed by atoms with E-state index in [2.05, 4.69) is 233 Å². The first-order chi connectivity index (χ1) is 28.8. The van der Waals surface area contributed by atoms with Gasteiger partial charge in [0.05, 0.1) is 5.69 Å². The lowest BCUT2D eigenvalue weighted by molar-refractivity contribution is 0.660. The third-order valence-electron chi connectivity index (χ3n) is 13.3. The Morgan fingerprint density at radius 2 is 0.898 bits per heavy atom. The molecule has 9 aromatic rings. The minimum absolute atomic E-state index is 0.0905. The molecule has 59 heavy (non-hydrogen) atoms. The lowest BCUT2D eigenvalue weighted by atomic mass is 9.79. The van der Waals surface area contributed by atoms with Crippen molar-refractivity contribution in [3.63, 3.8) is 0 Å². The molecule has 1 heteroatoms. The lowest BCUT2D eigenvalue weighted by Gasteiger charge is -2.29. The molecule has 0 unspecified atom stereocenters. The summed E-state index contributed by atoms with van der Waals surface area (Å²) < 4.78 is 0. The van der Waals surface area contributed by atoms with Crippen LogP contribution in [0.5, 0.6) is 0 Å². The summed E-state index contributed by atoms with van der Waals surface area (Å²) >= 11 is 0. The Hall–Kier alpha value is -6.96. The zero-order valence-electron chi connectivity index (χ0n) is 34.0. The van der Waals surface area contributed by atoms with E-state index in [0.717, 1.165) is 17.1 Å². The van der Waals surface area contributed by atoms with Gasteiger partial charge in [-0.2, -0.15) is 0 Å². The minimum Gasteiger partial charge on any atom is -0.310 e. The van der Waals surface area contributed by atoms with Crippen molar-refractivity contribution in [3.8, 4) is 55.6 Å². The molecule has 2 aliphatic rings. The molecular formula is C58H45N. The Morgan fingerprint density at radius 1 is 0.339 bits per heavy atom. The number of nitrogens with zero attached hydrogens (tertiary/aromatic N) is 1. The van der Waals surface area contributed by atoms with E-state index in [1.165, 1.54) is 88.7 Å². The van der Waals surface area contributed by atoms with E-state index >= 15 is 0 Å². The van der Waals surface area contributed by atoms with Crippen LogP contribution >= 0.6 is 0 Å². The molecule has 0 heterocycles. The molecule has 0 atom stereocenters. The van der Waals surface area contributed by atoms with Crippen molar-refractivity contribution in [2.45, 2.75) is 38.5 Å². The van der Waals surface area contributed by atoms with Gasteiger partial charge in [-0.1, -0.05) is 198 Å². The van der Waals surface area contributed by atoms with E-state index in [0.29, 0.717) is 0 Å². The highest BCUT2D eigenvalue weighted by Crippen LogP contribution is 2.55. The average molecular weight is 756 g/mol. The van der Waals surface area contributed by atoms with Crippen molar-refractivity contribution in [3.05, 3.63) is 222 Å². The molecule has 282 valence electrons. The van der Waals surface area contributed by atoms with Crippen LogP contribution in [0.15, 0.2) is 200 Å². The second-order valence-electron chi connectivity index (χ2n) is 17.3. The Morgan fingerprint density at radius 3 is 1.73 bits per heavy atom. The number of rotatable bonds is 6. The average Bonchev–Trinajstić information content (AvgIpc) is 3.67. The van der Waals surface area contributed by atoms with E-state index in [1.54, 1.807) is 0 Å². The van der Waals surface area contributed by atoms with Gasteiger partial charge in [0.25, 0.3) is 0 Å². The first-order valence-electron chi connectivity index (χ1n) is 20.9. The third kappa shape index (κ3) is 5.38. The molecular weight excluding hydrogens is 711 g/mol. The molecule has 0 N–H and O–H groups in total. The van der Waals surface area contributed by atoms with E-state index in [-0.39, 0.29) is 10.8 Å². The second-order valence-corrected chi connectivity index (χ2v) is 17.3. The summed E-state index contributed by atoms with van der Waals surface area (Å²) in [5, 5.41) is 2.50. The van der Waals surface area contributed by atoms with E-state index in [9.17, 15) is 0 Å². The molecule has 9 aromatic carbocycles. The summed E-state index contributed by atoms with van der Waals surface area (Å²) in [6.07, 6.45) is 0. The molecule has 0 fully saturated rings. The smallest absolute Gasteiger partial charge is 0.0540 e. The molecule has 0 aromatic heterocycles. The quantitative estimate of drug-likeness (QED) is 0.163. The fourth-order valence-corrected chi connectivity index (χ4v) is 10.5. The van der Waals surface area contributed by atoms with Gasteiger partial charge in [0, 0.05) is 27.8 Å². The molecule has 0 radical (unpaired) electrons. The van der Waals surface area contributed by atoms with Gasteiger partial charge in [0.1, 0.15) is 0 Å². The maximum absolute atomic E-state index is 2.47. The summed E-state index contributed by atoms with van der Waals surface area (Å²) in [5.41, 5.74) is 21.5. The molecule has 0 saturated heterocycles. The number of anilines is 3. The first kappa shape index (κ1) is 35.2. The van der Waals surface area contributed by atoms with Crippen LogP contribution in [-0.2, 0) is 10.8 Å². The van der Waals surface area contributed by atoms with Crippen molar-refractivity contribution in [2.24, 2.45) is 0 Å². The number of fused-ring (bicyclic) bond motifs is 7. The summed E-state index contributed by atoms with van der Waals surface area (Å²) in [6, 6.07) is 74.3. The topological polar surface area (TPSA) is 3.24 Å². The Bertz CT molecular complexity index is 3100. The van der Waals surface area contributed by atoms with E-state index in [4.69, 9.17) is 0 Å². The van der Waals surface area contributed by atoms with E-state index in [1.807, 2.05) is 0 Å². The minimum atomic E-state index is -0.0999. The zero-order chi connectivity index (χ0) is 39.9. The molecule has 0 saturated carbocycles. The van der Waals surface area contributed by atoms with Crippen LogP contribution in [-0.4, -0.2) is 0 Å². The molecule has 0 amide bonds. The van der Waals surface area contributed by atoms with Gasteiger partial charge in [-0.25, -0.2) is 0 Å². The zero-order valence-corrected chi connectivity index (χ0v) is 34.0. The number of hydrogen-bond donors (Lipinski definition) is 0. The van der Waals surface area contributed by atoms with Crippen LogP contribution in [0.1, 0.15) is 49.9 Å². The molecule has 0 bridgehead atoms. The summed E-state index contributed by atoms with van der Waals surface area (Å²) in [5.74, 6) is 0. The van der Waals surface area contributed by atoms with Gasteiger partial charge < -0.3 is 4.90 Å². The summed E-state index contributed by atoms with van der Waals surface area (Å²) in [6.45, 7) is 9.47. The molecule has 0 spiro atoms. The van der Waals surface area contributed by atoms with Gasteiger partial charge in [-0.05, 0) is 113 Å². The standard InChI is InChI=1S/C58H45N/c1-57(2)52-30-11-8-24-50(52)55-48(27-16-31-53(55)57)47-23-9-12-32-54(47)59(42-20-13-19-40(37-42)44-25-14-18-38-17-5-6-21-43(38)44)41-35-33-39(34-36-41)45-26-15-28-49-46-22-7-10-29-51(46)58(3,4)56(45)49/h5-37H,1-4H3. The fraction of sp³-hybridized carbons (Fsp3) is 0.103. The molecule has 2 aliphatic carbocycles. The van der Waals surface area contributed by atoms with Gasteiger partial charge >= 0.3 is 0 Å². The lowest BCUT2D eigenvalue weighted by Crippen LogP contribution is -2.16. The van der Waals surface area contributed by atoms with E-state index < -0.39 is 0 Å². The van der Waals surface area contributed by atoms with Crippen LogP contribution < -0.4 is 4.90 Å². The highest BCUT2D eigenvalue weighted by molar-refractivity contribution is 6.00. The Labute approximate surface area is 347 Å². The highest BCUT2D eigenvalue weighted by atomic mass is 15.1. The maximum Gasteiger partial charge on any atom is 0.0540 e. The van der Waals surface area contributed by atoms with Crippen LogP contribution in [0.2, 0.25) is 0 Å². The molecule has 11 rings (SSSR count). The predicted molar refractivity (Wildman–Crippen MR) is 250 cm³/mol. The second kappa shape index (κ2) is 13.3. The van der Waals surface area contributed by atoms with Crippen LogP contribution in [0.25, 0.3) is 66.4 Å². The van der Waals surface area contributed by atoms with Gasteiger partial charge in [-0.3, -0.25) is 0 Å². The van der Waals surface area contributed by atoms with Crippen molar-refractivity contribution in [1.82, 2.24) is 0 Å². The summed E-state index contributed by atoms with van der Waals surface area (Å²) in [4.78, 5) is 2.47. The predicted octanol–water partition coefficient (Wildman–Crippen LogP) is 15.9. The largest absolute Gasteiger partial charge is 0.310 e. The van der Waals surface area contributed by atoms with Crippen LogP contribution in [0.3, 0.4) is 0 Å². The maximum atomic E-state index is 2.47. The Balaban J connectivity index is 1.10. The Kier molecular flexibility index (Phi) is 7.94. The summed E-state index contributed by atoms with van der Waals surface area (Å²) in [7, 11) is 0. The SMILES string of the molecule is CC1(C)c2ccccc2-c2c(-c3ccccc3N(c3ccc(-c4cccc5c4C(C)(C)c4ccccc4-5)cc3)c3cccc(-c4cccc5ccccc45)c3)cccc21. The van der Waals surface area contributed by atoms with Gasteiger partial charge in [0.2, 0.25) is 0 Å².